The number of benzene rings is 1. The SMILES string of the molecule is COC(=O)[C@@H]1[C@@H]2CC[C@H]1CN(c1ncc(-c3ccc4nc5c(n4c3)[C@@H](c3ccccc3OC(F)F)C[C@H]5OC)cn1)C2. The lowest BCUT2D eigenvalue weighted by molar-refractivity contribution is -0.148. The fraction of sp³-hybridized carbons (Fsp3) is 0.419. The number of methoxy groups -OCH3 is 2. The van der Waals surface area contributed by atoms with Gasteiger partial charge in [0.15, 0.2) is 0 Å². The molecular formula is C31H31F2N5O4. The van der Waals surface area contributed by atoms with Crippen LogP contribution in [0.25, 0.3) is 16.8 Å². The Labute approximate surface area is 241 Å². The number of carbonyl (C=O) groups is 1. The van der Waals surface area contributed by atoms with Crippen molar-refractivity contribution in [2.75, 3.05) is 32.2 Å². The maximum absolute atomic E-state index is 13.2. The van der Waals surface area contributed by atoms with E-state index in [1.165, 1.54) is 7.11 Å². The van der Waals surface area contributed by atoms with Gasteiger partial charge in [0.2, 0.25) is 5.95 Å². The molecule has 0 N–H and O–H groups in total. The quantitative estimate of drug-likeness (QED) is 0.276. The van der Waals surface area contributed by atoms with Gasteiger partial charge in [0.05, 0.1) is 24.4 Å². The van der Waals surface area contributed by atoms with Crippen LogP contribution in [-0.2, 0) is 14.3 Å². The van der Waals surface area contributed by atoms with Crippen molar-refractivity contribution in [3.8, 4) is 16.9 Å². The minimum atomic E-state index is -2.92. The molecule has 3 aromatic heterocycles. The average molecular weight is 576 g/mol. The monoisotopic (exact) mass is 575 g/mol. The fourth-order valence-corrected chi connectivity index (χ4v) is 7.27. The van der Waals surface area contributed by atoms with E-state index < -0.39 is 6.61 Å². The van der Waals surface area contributed by atoms with Crippen molar-refractivity contribution >= 4 is 17.6 Å². The van der Waals surface area contributed by atoms with Crippen molar-refractivity contribution in [2.24, 2.45) is 17.8 Å². The molecule has 1 aliphatic heterocycles. The number of fused-ring (bicyclic) bond motifs is 5. The van der Waals surface area contributed by atoms with Crippen molar-refractivity contribution in [1.29, 1.82) is 0 Å². The molecule has 2 fully saturated rings. The van der Waals surface area contributed by atoms with E-state index in [1.807, 2.05) is 47.3 Å². The summed E-state index contributed by atoms with van der Waals surface area (Å²) in [5, 5.41) is 0. The molecule has 0 radical (unpaired) electrons. The van der Waals surface area contributed by atoms with Crippen molar-refractivity contribution in [1.82, 2.24) is 19.4 Å². The van der Waals surface area contributed by atoms with Crippen LogP contribution in [0.4, 0.5) is 14.7 Å². The van der Waals surface area contributed by atoms with Gasteiger partial charge in [-0.1, -0.05) is 18.2 Å². The highest BCUT2D eigenvalue weighted by molar-refractivity contribution is 5.74. The van der Waals surface area contributed by atoms with Crippen molar-refractivity contribution in [2.45, 2.75) is 37.9 Å². The molecule has 0 unspecified atom stereocenters. The molecule has 2 bridgehead atoms. The second-order valence-corrected chi connectivity index (χ2v) is 11.3. The highest BCUT2D eigenvalue weighted by atomic mass is 19.3. The van der Waals surface area contributed by atoms with Gasteiger partial charge in [-0.25, -0.2) is 15.0 Å². The van der Waals surface area contributed by atoms with Gasteiger partial charge in [-0.15, -0.1) is 0 Å². The number of hydrogen-bond acceptors (Lipinski definition) is 8. The van der Waals surface area contributed by atoms with E-state index in [4.69, 9.17) is 29.2 Å². The van der Waals surface area contributed by atoms with Crippen LogP contribution in [0.3, 0.4) is 0 Å². The van der Waals surface area contributed by atoms with E-state index in [-0.39, 0.29) is 41.5 Å². The zero-order chi connectivity index (χ0) is 29.0. The molecular weight excluding hydrogens is 544 g/mol. The number of esters is 1. The molecule has 1 aromatic carbocycles. The first kappa shape index (κ1) is 26.8. The Hall–Kier alpha value is -4.12. The number of rotatable bonds is 7. The summed E-state index contributed by atoms with van der Waals surface area (Å²) < 4.78 is 44.1. The zero-order valence-corrected chi connectivity index (χ0v) is 23.3. The molecule has 42 heavy (non-hydrogen) atoms. The summed E-state index contributed by atoms with van der Waals surface area (Å²) in [5.74, 6) is 0.928. The number of carbonyl (C=O) groups excluding carboxylic acids is 1. The van der Waals surface area contributed by atoms with Crippen LogP contribution >= 0.6 is 0 Å². The molecule has 4 aromatic rings. The lowest BCUT2D eigenvalue weighted by Gasteiger charge is -2.36. The molecule has 9 nitrogen and oxygen atoms in total. The van der Waals surface area contributed by atoms with Crippen LogP contribution in [0.2, 0.25) is 0 Å². The van der Waals surface area contributed by atoms with E-state index in [0.29, 0.717) is 17.9 Å². The fourth-order valence-electron chi connectivity index (χ4n) is 7.27. The Bertz CT molecular complexity index is 1610. The predicted molar refractivity (Wildman–Crippen MR) is 149 cm³/mol. The first-order valence-electron chi connectivity index (χ1n) is 14.2. The Balaban J connectivity index is 1.19. The molecule has 2 aliphatic carbocycles. The van der Waals surface area contributed by atoms with Gasteiger partial charge in [-0.2, -0.15) is 8.78 Å². The maximum atomic E-state index is 13.2. The van der Waals surface area contributed by atoms with E-state index in [2.05, 4.69) is 4.90 Å². The minimum absolute atomic E-state index is 0.0374. The van der Waals surface area contributed by atoms with Crippen LogP contribution in [0, 0.1) is 17.8 Å². The molecule has 1 saturated heterocycles. The number of halogens is 2. The molecule has 4 heterocycles. The van der Waals surface area contributed by atoms with Gasteiger partial charge in [0, 0.05) is 61.4 Å². The van der Waals surface area contributed by atoms with Gasteiger partial charge in [0.25, 0.3) is 0 Å². The van der Waals surface area contributed by atoms with Gasteiger partial charge >= 0.3 is 12.6 Å². The van der Waals surface area contributed by atoms with E-state index in [0.717, 1.165) is 54.1 Å². The van der Waals surface area contributed by atoms with Crippen molar-refractivity contribution < 1.29 is 27.8 Å². The topological polar surface area (TPSA) is 91.1 Å². The number of hydrogen-bond donors (Lipinski definition) is 0. The third-order valence-electron chi connectivity index (χ3n) is 9.13. The largest absolute Gasteiger partial charge is 0.469 e. The summed E-state index contributed by atoms with van der Waals surface area (Å²) in [6.07, 6.45) is 7.94. The van der Waals surface area contributed by atoms with Gasteiger partial charge < -0.3 is 23.5 Å². The highest BCUT2D eigenvalue weighted by Gasteiger charge is 2.47. The van der Waals surface area contributed by atoms with Crippen LogP contribution in [0.15, 0.2) is 55.0 Å². The molecule has 7 rings (SSSR count). The normalized spacial score (nSPS) is 24.8. The smallest absolute Gasteiger partial charge is 0.387 e. The first-order valence-corrected chi connectivity index (χ1v) is 14.2. The first-order chi connectivity index (χ1) is 20.4. The van der Waals surface area contributed by atoms with E-state index in [1.54, 1.807) is 19.2 Å². The van der Waals surface area contributed by atoms with Crippen molar-refractivity contribution in [3.05, 3.63) is 71.9 Å². The summed E-state index contributed by atoms with van der Waals surface area (Å²) in [4.78, 5) is 28.7. The Morgan fingerprint density at radius 3 is 2.43 bits per heavy atom. The number of imidazole rings is 1. The summed E-state index contributed by atoms with van der Waals surface area (Å²) in [5.41, 5.74) is 4.84. The van der Waals surface area contributed by atoms with Gasteiger partial charge in [-0.3, -0.25) is 4.79 Å². The number of para-hydroxylation sites is 1. The third-order valence-corrected chi connectivity index (χ3v) is 9.13. The number of pyridine rings is 1. The Kier molecular flexibility index (Phi) is 6.76. The minimum Gasteiger partial charge on any atom is -0.469 e. The average Bonchev–Trinajstić information content (AvgIpc) is 3.64. The Morgan fingerprint density at radius 2 is 1.74 bits per heavy atom. The summed E-state index contributed by atoms with van der Waals surface area (Å²) in [6, 6.07) is 10.8. The van der Waals surface area contributed by atoms with Crippen LogP contribution in [0.1, 0.15) is 48.2 Å². The number of alkyl halides is 2. The Morgan fingerprint density at radius 1 is 1.00 bits per heavy atom. The van der Waals surface area contributed by atoms with Crippen LogP contribution in [-0.4, -0.2) is 59.2 Å². The molecule has 1 saturated carbocycles. The van der Waals surface area contributed by atoms with Gasteiger partial charge in [-0.05, 0) is 49.3 Å². The van der Waals surface area contributed by atoms with Gasteiger partial charge in [0.1, 0.15) is 17.5 Å². The molecule has 218 valence electrons. The number of ether oxygens (including phenoxy) is 3. The standard InChI is InChI=1S/C31H31F2N5O4/c1-40-24-11-22(21-5-3-4-6-23(21)42-30(32)33)28-27(24)36-25-10-9-17(16-38(25)28)20-12-34-31(35-13-20)37-14-18-7-8-19(15-37)26(18)29(39)41-2/h3-6,9-10,12-13,16,18-19,22,24,26,30H,7-8,11,14-15H2,1-2H3/t18-,19+,22-,24-,26-/m1/s1. The van der Waals surface area contributed by atoms with E-state index >= 15 is 0 Å². The maximum Gasteiger partial charge on any atom is 0.387 e. The summed E-state index contributed by atoms with van der Waals surface area (Å²) in [7, 11) is 3.10. The lowest BCUT2D eigenvalue weighted by atomic mass is 9.85. The molecule has 11 heteroatoms. The summed E-state index contributed by atoms with van der Waals surface area (Å²) >= 11 is 0. The van der Waals surface area contributed by atoms with Crippen LogP contribution in [0.5, 0.6) is 5.75 Å². The van der Waals surface area contributed by atoms with Crippen molar-refractivity contribution in [3.63, 3.8) is 0 Å². The lowest BCUT2D eigenvalue weighted by Crippen LogP contribution is -2.45. The second-order valence-electron chi connectivity index (χ2n) is 11.3. The zero-order valence-electron chi connectivity index (χ0n) is 23.3. The van der Waals surface area contributed by atoms with E-state index in [9.17, 15) is 13.6 Å². The number of nitrogens with zero attached hydrogens (tertiary/aromatic N) is 5. The number of aromatic nitrogens is 4. The molecule has 0 amide bonds. The molecule has 3 aliphatic rings. The third kappa shape index (κ3) is 4.46. The van der Waals surface area contributed by atoms with Crippen LogP contribution < -0.4 is 9.64 Å². The second kappa shape index (κ2) is 10.6. The summed E-state index contributed by atoms with van der Waals surface area (Å²) in [6.45, 7) is -1.44. The highest BCUT2D eigenvalue weighted by Crippen LogP contribution is 2.48. The molecule has 0 spiro atoms. The predicted octanol–water partition coefficient (Wildman–Crippen LogP) is 5.25. The molecule has 5 atom stereocenters. The number of anilines is 1. The number of piperidine rings is 1.